The largest absolute Gasteiger partial charge is 0.388 e. The summed E-state index contributed by atoms with van der Waals surface area (Å²) in [5.41, 5.74) is 0.837. The Morgan fingerprint density at radius 2 is 2.25 bits per heavy atom. The van der Waals surface area contributed by atoms with Gasteiger partial charge in [0.25, 0.3) is 0 Å². The molecule has 2 atom stereocenters. The van der Waals surface area contributed by atoms with Crippen LogP contribution in [0.2, 0.25) is 0 Å². The van der Waals surface area contributed by atoms with Crippen LogP contribution in [0.15, 0.2) is 12.2 Å². The van der Waals surface area contributed by atoms with E-state index in [4.69, 9.17) is 11.6 Å². The van der Waals surface area contributed by atoms with E-state index in [0.29, 0.717) is 10.8 Å². The Morgan fingerprint density at radius 3 is 2.58 bits per heavy atom. The third kappa shape index (κ3) is 4.67. The second-order valence-electron chi connectivity index (χ2n) is 3.27. The maximum Gasteiger partial charge on any atom is 0.0837 e. The predicted molar refractivity (Wildman–Crippen MR) is 63.2 cm³/mol. The molecule has 0 aromatic heterocycles. The van der Waals surface area contributed by atoms with Crippen LogP contribution < -0.4 is 0 Å². The van der Waals surface area contributed by atoms with Crippen molar-refractivity contribution in [2.24, 2.45) is 0 Å². The van der Waals surface area contributed by atoms with Crippen molar-refractivity contribution in [3.8, 4) is 0 Å². The van der Waals surface area contributed by atoms with Gasteiger partial charge in [-0.2, -0.15) is 0 Å². The van der Waals surface area contributed by atoms with E-state index >= 15 is 0 Å². The summed E-state index contributed by atoms with van der Waals surface area (Å²) in [7, 11) is 0. The zero-order valence-corrected chi connectivity index (χ0v) is 10.5. The van der Waals surface area contributed by atoms with E-state index < -0.39 is 6.10 Å². The molecule has 0 aliphatic heterocycles. The molecule has 0 aliphatic carbocycles. The Hall–Kier alpha value is 0.720. The van der Waals surface area contributed by atoms with Crippen molar-refractivity contribution in [1.82, 2.24) is 0 Å². The molecule has 0 saturated carbocycles. The lowest BCUT2D eigenvalue weighted by Gasteiger charge is -2.22. The molecule has 0 unspecified atom stereocenters. The minimum atomic E-state index is -0.407. The van der Waals surface area contributed by atoms with Crippen LogP contribution in [-0.2, 0) is 0 Å². The minimum Gasteiger partial charge on any atom is -0.388 e. The highest BCUT2D eigenvalue weighted by Gasteiger charge is 2.21. The average molecular weight is 303 g/mol. The molecule has 0 rings (SSSR count). The smallest absolute Gasteiger partial charge is 0.0837 e. The molecule has 0 fully saturated rings. The van der Waals surface area contributed by atoms with Gasteiger partial charge in [-0.05, 0) is 25.3 Å². The van der Waals surface area contributed by atoms with Crippen molar-refractivity contribution < 1.29 is 5.11 Å². The van der Waals surface area contributed by atoms with E-state index in [1.807, 2.05) is 13.8 Å². The van der Waals surface area contributed by atoms with Crippen LogP contribution in [0.4, 0.5) is 0 Å². The number of aliphatic hydroxyl groups is 1. The zero-order valence-electron chi connectivity index (χ0n) is 7.61. The molecule has 0 saturated heterocycles. The molecule has 0 heterocycles. The van der Waals surface area contributed by atoms with Crippen LogP contribution in [0, 0.1) is 0 Å². The molecular formula is C9H16ClIO. The lowest BCUT2D eigenvalue weighted by atomic mass is 9.96. The van der Waals surface area contributed by atoms with Gasteiger partial charge in [-0.1, -0.05) is 36.1 Å². The van der Waals surface area contributed by atoms with Crippen molar-refractivity contribution in [2.75, 3.05) is 4.43 Å². The first-order chi connectivity index (χ1) is 5.43. The highest BCUT2D eigenvalue weighted by molar-refractivity contribution is 14.1. The molecule has 0 spiro atoms. The number of rotatable bonds is 5. The Morgan fingerprint density at radius 1 is 1.75 bits per heavy atom. The topological polar surface area (TPSA) is 20.2 Å². The Labute approximate surface area is 93.3 Å². The van der Waals surface area contributed by atoms with Crippen molar-refractivity contribution in [3.63, 3.8) is 0 Å². The predicted octanol–water partition coefficient (Wildman–Crippen LogP) is 3.14. The maximum absolute atomic E-state index is 9.42. The quantitative estimate of drug-likeness (QED) is 0.470. The van der Waals surface area contributed by atoms with Gasteiger partial charge in [0.15, 0.2) is 0 Å². The number of alkyl halides is 2. The highest BCUT2D eigenvalue weighted by Crippen LogP contribution is 2.28. The summed E-state index contributed by atoms with van der Waals surface area (Å²) in [6, 6.07) is 0. The van der Waals surface area contributed by atoms with Crippen LogP contribution in [0.5, 0.6) is 0 Å². The third-order valence-corrected chi connectivity index (χ3v) is 3.19. The second-order valence-corrected chi connectivity index (χ2v) is 5.07. The number of halogens is 2. The molecule has 0 aromatic carbocycles. The molecule has 1 nitrogen and oxygen atoms in total. The van der Waals surface area contributed by atoms with E-state index in [2.05, 4.69) is 29.2 Å². The molecule has 0 bridgehead atoms. The highest BCUT2D eigenvalue weighted by atomic mass is 127. The molecule has 0 amide bonds. The molecule has 72 valence electrons. The fraction of sp³-hybridized carbons (Fsp3) is 0.778. The molecule has 0 radical (unpaired) electrons. The summed E-state index contributed by atoms with van der Waals surface area (Å²) in [5.74, 6) is 0. The van der Waals surface area contributed by atoms with Crippen molar-refractivity contribution in [1.29, 1.82) is 0 Å². The fourth-order valence-electron chi connectivity index (χ4n) is 0.825. The summed E-state index contributed by atoms with van der Waals surface area (Å²) in [6.45, 7) is 7.83. The first kappa shape index (κ1) is 12.7. The van der Waals surface area contributed by atoms with Crippen LogP contribution in [0.3, 0.4) is 0 Å². The number of aliphatic hydroxyl groups excluding tert-OH is 1. The Kier molecular flexibility index (Phi) is 5.78. The first-order valence-corrected chi connectivity index (χ1v) is 5.94. The summed E-state index contributed by atoms with van der Waals surface area (Å²) < 4.78 is 0.688. The zero-order chi connectivity index (χ0) is 9.78. The average Bonchev–Trinajstić information content (AvgIpc) is 2.02. The summed E-state index contributed by atoms with van der Waals surface area (Å²) in [6.07, 6.45) is 1.17. The first-order valence-electron chi connectivity index (χ1n) is 4.03. The molecular weight excluding hydrogens is 286 g/mol. The lowest BCUT2D eigenvalue weighted by Crippen LogP contribution is -2.21. The number of hydrogen-bond acceptors (Lipinski definition) is 1. The van der Waals surface area contributed by atoms with E-state index in [1.54, 1.807) is 0 Å². The van der Waals surface area contributed by atoms with Gasteiger partial charge >= 0.3 is 0 Å². The normalized spacial score (nSPS) is 18.4. The molecule has 12 heavy (non-hydrogen) atoms. The van der Waals surface area contributed by atoms with Crippen molar-refractivity contribution in [2.45, 2.75) is 37.7 Å². The van der Waals surface area contributed by atoms with Crippen LogP contribution in [-0.4, -0.2) is 20.5 Å². The van der Waals surface area contributed by atoms with Crippen LogP contribution in [0.1, 0.15) is 26.7 Å². The summed E-state index contributed by atoms with van der Waals surface area (Å²) in [4.78, 5) is -0.246. The van der Waals surface area contributed by atoms with Gasteiger partial charge in [-0.15, -0.1) is 11.6 Å². The van der Waals surface area contributed by atoms with E-state index in [-0.39, 0.29) is 4.87 Å². The molecule has 3 heteroatoms. The van der Waals surface area contributed by atoms with Crippen LogP contribution in [0.25, 0.3) is 0 Å². The van der Waals surface area contributed by atoms with E-state index in [0.717, 1.165) is 12.0 Å². The molecule has 0 aliphatic rings. The molecule has 1 N–H and O–H groups in total. The standard InChI is InChI=1S/C9H16ClIO/c1-4-9(3,10)5-7(2)8(12)6-11/h8,12H,2,4-6H2,1,3H3/t8-,9-/m0/s1. The van der Waals surface area contributed by atoms with Crippen LogP contribution >= 0.6 is 34.2 Å². The lowest BCUT2D eigenvalue weighted by molar-refractivity contribution is 0.232. The Bertz CT molecular complexity index is 157. The van der Waals surface area contributed by atoms with Gasteiger partial charge in [0.1, 0.15) is 0 Å². The second kappa shape index (κ2) is 5.45. The SMILES string of the molecule is C=C(C[C@@](C)(Cl)CC)[C@@H](O)CI. The number of hydrogen-bond donors (Lipinski definition) is 1. The monoisotopic (exact) mass is 302 g/mol. The fourth-order valence-corrected chi connectivity index (χ4v) is 1.62. The molecule has 0 aromatic rings. The van der Waals surface area contributed by atoms with E-state index in [1.165, 1.54) is 0 Å². The van der Waals surface area contributed by atoms with Gasteiger partial charge in [-0.3, -0.25) is 0 Å². The van der Waals surface area contributed by atoms with Gasteiger partial charge in [-0.25, -0.2) is 0 Å². The third-order valence-electron chi connectivity index (χ3n) is 1.95. The van der Waals surface area contributed by atoms with Gasteiger partial charge in [0.05, 0.1) is 6.10 Å². The minimum absolute atomic E-state index is 0.246. The van der Waals surface area contributed by atoms with E-state index in [9.17, 15) is 5.11 Å². The summed E-state index contributed by atoms with van der Waals surface area (Å²) >= 11 is 8.28. The van der Waals surface area contributed by atoms with Crippen molar-refractivity contribution >= 4 is 34.2 Å². The summed E-state index contributed by atoms with van der Waals surface area (Å²) in [5, 5.41) is 9.42. The van der Waals surface area contributed by atoms with Gasteiger partial charge in [0, 0.05) is 9.30 Å². The maximum atomic E-state index is 9.42. The Balaban J connectivity index is 4.00. The van der Waals surface area contributed by atoms with Crippen molar-refractivity contribution in [3.05, 3.63) is 12.2 Å². The van der Waals surface area contributed by atoms with Gasteiger partial charge < -0.3 is 5.11 Å². The van der Waals surface area contributed by atoms with Gasteiger partial charge in [0.2, 0.25) is 0 Å².